The number of likely N-dealkylation sites (N-methyl/N-ethyl adjacent to an activating group) is 1. The summed E-state index contributed by atoms with van der Waals surface area (Å²) in [6.45, 7) is 3.14. The maximum absolute atomic E-state index is 11.6. The summed E-state index contributed by atoms with van der Waals surface area (Å²) < 4.78 is 0. The number of benzene rings is 1. The second kappa shape index (κ2) is 8.60. The Balaban J connectivity index is 2.40. The van der Waals surface area contributed by atoms with Gasteiger partial charge in [-0.1, -0.05) is 12.1 Å². The first kappa shape index (κ1) is 16.5. The van der Waals surface area contributed by atoms with Crippen molar-refractivity contribution in [3.63, 3.8) is 0 Å². The Bertz CT molecular complexity index is 448. The summed E-state index contributed by atoms with van der Waals surface area (Å²) in [5, 5.41) is 4.80. The lowest BCUT2D eigenvalue weighted by atomic mass is 10.2. The van der Waals surface area contributed by atoms with Gasteiger partial charge in [-0.25, -0.2) is 4.79 Å². The van der Waals surface area contributed by atoms with Gasteiger partial charge in [-0.3, -0.25) is 15.0 Å². The second-order valence-electron chi connectivity index (χ2n) is 4.43. The summed E-state index contributed by atoms with van der Waals surface area (Å²) >= 11 is 1.70. The fourth-order valence-electron chi connectivity index (χ4n) is 1.71. The van der Waals surface area contributed by atoms with Crippen molar-refractivity contribution in [2.45, 2.75) is 18.4 Å². The van der Waals surface area contributed by atoms with Gasteiger partial charge in [0.05, 0.1) is 6.54 Å². The largest absolute Gasteiger partial charge is 0.338 e. The van der Waals surface area contributed by atoms with Crippen molar-refractivity contribution >= 4 is 23.7 Å². The van der Waals surface area contributed by atoms with Crippen LogP contribution >= 0.6 is 11.8 Å². The number of carbonyl (C=O) groups is 2. The molecule has 0 aliphatic rings. The SMILES string of the molecule is CCNC(=O)NC(=O)CN(C)Cc1ccc(SC)cc1. The predicted octanol–water partition coefficient (Wildman–Crippen LogP) is 1.69. The van der Waals surface area contributed by atoms with E-state index in [1.54, 1.807) is 18.7 Å². The maximum atomic E-state index is 11.6. The van der Waals surface area contributed by atoms with Crippen molar-refractivity contribution in [1.82, 2.24) is 15.5 Å². The van der Waals surface area contributed by atoms with Crippen LogP contribution in [-0.4, -0.2) is 43.2 Å². The van der Waals surface area contributed by atoms with E-state index in [-0.39, 0.29) is 12.5 Å². The molecule has 0 heterocycles. The average molecular weight is 295 g/mol. The number of hydrogen-bond donors (Lipinski definition) is 2. The molecule has 0 fully saturated rings. The molecule has 0 radical (unpaired) electrons. The highest BCUT2D eigenvalue weighted by Crippen LogP contribution is 2.15. The van der Waals surface area contributed by atoms with Gasteiger partial charge in [-0.2, -0.15) is 0 Å². The third-order valence-electron chi connectivity index (χ3n) is 2.62. The zero-order chi connectivity index (χ0) is 15.0. The molecule has 3 amide bonds. The van der Waals surface area contributed by atoms with E-state index in [2.05, 4.69) is 22.8 Å². The number of rotatable bonds is 6. The number of imide groups is 1. The third kappa shape index (κ3) is 6.08. The van der Waals surface area contributed by atoms with E-state index < -0.39 is 6.03 Å². The Morgan fingerprint density at radius 2 is 1.90 bits per heavy atom. The quantitative estimate of drug-likeness (QED) is 0.784. The van der Waals surface area contributed by atoms with Crippen LogP contribution in [-0.2, 0) is 11.3 Å². The van der Waals surface area contributed by atoms with Crippen LogP contribution in [0, 0.1) is 0 Å². The molecule has 1 aromatic carbocycles. The lowest BCUT2D eigenvalue weighted by molar-refractivity contribution is -0.120. The summed E-state index contributed by atoms with van der Waals surface area (Å²) in [6.07, 6.45) is 2.03. The minimum Gasteiger partial charge on any atom is -0.338 e. The molecule has 0 aromatic heterocycles. The van der Waals surface area contributed by atoms with Crippen molar-refractivity contribution in [2.24, 2.45) is 0 Å². The average Bonchev–Trinajstić information content (AvgIpc) is 2.39. The van der Waals surface area contributed by atoms with E-state index >= 15 is 0 Å². The molecule has 0 aliphatic carbocycles. The number of thioether (sulfide) groups is 1. The molecule has 0 atom stereocenters. The Morgan fingerprint density at radius 1 is 1.25 bits per heavy atom. The van der Waals surface area contributed by atoms with E-state index in [1.807, 2.05) is 30.3 Å². The highest BCUT2D eigenvalue weighted by molar-refractivity contribution is 7.98. The van der Waals surface area contributed by atoms with E-state index in [4.69, 9.17) is 0 Å². The molecule has 6 heteroatoms. The van der Waals surface area contributed by atoms with Crippen molar-refractivity contribution < 1.29 is 9.59 Å². The van der Waals surface area contributed by atoms with Gasteiger partial charge in [0.2, 0.25) is 5.91 Å². The molecule has 0 aliphatic heterocycles. The lowest BCUT2D eigenvalue weighted by Gasteiger charge is -2.16. The molecule has 110 valence electrons. The van der Waals surface area contributed by atoms with Crippen LogP contribution in [0.25, 0.3) is 0 Å². The molecule has 0 bridgehead atoms. The first-order valence-electron chi connectivity index (χ1n) is 6.44. The minimum atomic E-state index is -0.449. The summed E-state index contributed by atoms with van der Waals surface area (Å²) in [5.74, 6) is -0.306. The summed E-state index contributed by atoms with van der Waals surface area (Å²) in [7, 11) is 1.85. The number of amides is 3. The fraction of sp³-hybridized carbons (Fsp3) is 0.429. The number of carbonyl (C=O) groups excluding carboxylic acids is 2. The molecule has 0 saturated heterocycles. The molecule has 20 heavy (non-hydrogen) atoms. The van der Waals surface area contributed by atoms with Crippen molar-refractivity contribution in [2.75, 3.05) is 26.4 Å². The Hall–Kier alpha value is -1.53. The molecule has 1 rings (SSSR count). The van der Waals surface area contributed by atoms with Crippen molar-refractivity contribution in [3.8, 4) is 0 Å². The van der Waals surface area contributed by atoms with Gasteiger partial charge in [0.15, 0.2) is 0 Å². The zero-order valence-corrected chi connectivity index (χ0v) is 12.9. The first-order valence-corrected chi connectivity index (χ1v) is 7.66. The van der Waals surface area contributed by atoms with Gasteiger partial charge in [-0.05, 0) is 37.9 Å². The Kier molecular flexibility index (Phi) is 7.11. The monoisotopic (exact) mass is 295 g/mol. The molecule has 2 N–H and O–H groups in total. The number of urea groups is 1. The molecule has 5 nitrogen and oxygen atoms in total. The predicted molar refractivity (Wildman–Crippen MR) is 81.8 cm³/mol. The summed E-state index contributed by atoms with van der Waals surface area (Å²) in [5.41, 5.74) is 1.14. The highest BCUT2D eigenvalue weighted by Gasteiger charge is 2.10. The molecule has 1 aromatic rings. The Morgan fingerprint density at radius 3 is 2.45 bits per heavy atom. The van der Waals surface area contributed by atoms with Gasteiger partial charge < -0.3 is 5.32 Å². The van der Waals surface area contributed by atoms with Crippen LogP contribution in [0.4, 0.5) is 4.79 Å². The van der Waals surface area contributed by atoms with Gasteiger partial charge in [0, 0.05) is 18.0 Å². The smallest absolute Gasteiger partial charge is 0.321 e. The van der Waals surface area contributed by atoms with Gasteiger partial charge >= 0.3 is 6.03 Å². The van der Waals surface area contributed by atoms with Crippen LogP contribution in [0.5, 0.6) is 0 Å². The van der Waals surface area contributed by atoms with Crippen molar-refractivity contribution in [3.05, 3.63) is 29.8 Å². The fourth-order valence-corrected chi connectivity index (χ4v) is 2.12. The Labute approximate surface area is 124 Å². The molecule has 0 unspecified atom stereocenters. The molecular weight excluding hydrogens is 274 g/mol. The summed E-state index contributed by atoms with van der Waals surface area (Å²) in [6, 6.07) is 7.76. The number of nitrogens with one attached hydrogen (secondary N) is 2. The zero-order valence-electron chi connectivity index (χ0n) is 12.1. The van der Waals surface area contributed by atoms with Crippen LogP contribution in [0.15, 0.2) is 29.2 Å². The van der Waals surface area contributed by atoms with E-state index in [1.165, 1.54) is 4.90 Å². The van der Waals surface area contributed by atoms with Crippen molar-refractivity contribution in [1.29, 1.82) is 0 Å². The lowest BCUT2D eigenvalue weighted by Crippen LogP contribution is -2.43. The normalized spacial score (nSPS) is 10.4. The van der Waals surface area contributed by atoms with Gasteiger partial charge in [-0.15, -0.1) is 11.8 Å². The molecule has 0 spiro atoms. The number of hydrogen-bond acceptors (Lipinski definition) is 4. The molecular formula is C14H21N3O2S. The van der Waals surface area contributed by atoms with Crippen LogP contribution in [0.3, 0.4) is 0 Å². The third-order valence-corrected chi connectivity index (χ3v) is 3.36. The van der Waals surface area contributed by atoms with E-state index in [0.717, 1.165) is 5.56 Å². The summed E-state index contributed by atoms with van der Waals surface area (Å²) in [4.78, 5) is 25.9. The van der Waals surface area contributed by atoms with Crippen LogP contribution in [0.1, 0.15) is 12.5 Å². The standard InChI is InChI=1S/C14H21N3O2S/c1-4-15-14(19)16-13(18)10-17(2)9-11-5-7-12(20-3)8-6-11/h5-8H,4,9-10H2,1-3H3,(H2,15,16,18,19). The number of nitrogens with zero attached hydrogens (tertiary/aromatic N) is 1. The highest BCUT2D eigenvalue weighted by atomic mass is 32.2. The van der Waals surface area contributed by atoms with Gasteiger partial charge in [0.1, 0.15) is 0 Å². The topological polar surface area (TPSA) is 61.4 Å². The maximum Gasteiger partial charge on any atom is 0.321 e. The first-order chi connectivity index (χ1) is 9.55. The molecule has 0 saturated carbocycles. The van der Waals surface area contributed by atoms with Gasteiger partial charge in [0.25, 0.3) is 0 Å². The van der Waals surface area contributed by atoms with E-state index in [9.17, 15) is 9.59 Å². The van der Waals surface area contributed by atoms with Crippen LogP contribution in [0.2, 0.25) is 0 Å². The second-order valence-corrected chi connectivity index (χ2v) is 5.31. The minimum absolute atomic E-state index is 0.182. The van der Waals surface area contributed by atoms with Crippen LogP contribution < -0.4 is 10.6 Å². The van der Waals surface area contributed by atoms with E-state index in [0.29, 0.717) is 13.1 Å².